The molecule has 0 spiro atoms. The van der Waals surface area contributed by atoms with E-state index >= 15 is 0 Å². The van der Waals surface area contributed by atoms with Gasteiger partial charge in [-0.25, -0.2) is 13.8 Å². The number of likely N-dealkylation sites (tertiary alicyclic amines) is 1. The number of nitrogens with one attached hydrogen (secondary N) is 4. The SMILES string of the molecule is CN1CCC(c2ccc(C(=O)NC(=N)c3nc(Nc4cc(F)ccc4F)ccc3N)c(NC3CCOCC3)c2)CC1. The molecule has 3 heterocycles. The highest BCUT2D eigenvalue weighted by Crippen LogP contribution is 2.32. The molecule has 0 aliphatic carbocycles. The monoisotopic (exact) mass is 563 g/mol. The van der Waals surface area contributed by atoms with Crippen LogP contribution in [0.5, 0.6) is 0 Å². The molecule has 9 nitrogen and oxygen atoms in total. The summed E-state index contributed by atoms with van der Waals surface area (Å²) in [4.78, 5) is 20.1. The summed E-state index contributed by atoms with van der Waals surface area (Å²) in [5, 5.41) is 17.4. The Morgan fingerprint density at radius 2 is 1.78 bits per heavy atom. The number of hydrogen-bond donors (Lipinski definition) is 5. The molecule has 6 N–H and O–H groups in total. The lowest BCUT2D eigenvalue weighted by Gasteiger charge is -2.30. The zero-order valence-electron chi connectivity index (χ0n) is 23.0. The van der Waals surface area contributed by atoms with Crippen molar-refractivity contribution in [1.82, 2.24) is 15.2 Å². The standard InChI is InChI=1S/C30H35F2N7O2/c1-39-12-8-18(9-13-39)19-2-4-22(25(16-19)35-21-10-14-41-15-11-21)30(40)38-29(34)28-24(33)6-7-27(37-28)36-26-17-20(31)3-5-23(26)32/h2-7,16-18,21,35H,8-15,33H2,1H3,(H,36,37)(H2,34,38,40). The van der Waals surface area contributed by atoms with Crippen molar-refractivity contribution in [3.8, 4) is 0 Å². The van der Waals surface area contributed by atoms with Crippen molar-refractivity contribution in [2.75, 3.05) is 49.7 Å². The first-order chi connectivity index (χ1) is 19.8. The number of benzene rings is 2. The number of aromatic nitrogens is 1. The minimum atomic E-state index is -0.664. The van der Waals surface area contributed by atoms with E-state index < -0.39 is 17.5 Å². The van der Waals surface area contributed by atoms with E-state index in [1.807, 2.05) is 6.07 Å². The number of nitrogens with two attached hydrogens (primary N) is 1. The third-order valence-corrected chi connectivity index (χ3v) is 7.65. The van der Waals surface area contributed by atoms with Crippen LogP contribution in [-0.2, 0) is 4.74 Å². The predicted octanol–water partition coefficient (Wildman–Crippen LogP) is 4.84. The summed E-state index contributed by atoms with van der Waals surface area (Å²) in [5.41, 5.74) is 8.43. The number of carbonyl (C=O) groups excluding carboxylic acids is 1. The Labute approximate surface area is 238 Å². The molecule has 0 unspecified atom stereocenters. The quantitative estimate of drug-likeness (QED) is 0.206. The van der Waals surface area contributed by atoms with Gasteiger partial charge in [0.2, 0.25) is 0 Å². The Morgan fingerprint density at radius 3 is 2.54 bits per heavy atom. The molecule has 2 fully saturated rings. The van der Waals surface area contributed by atoms with Crippen LogP contribution in [0, 0.1) is 17.0 Å². The average molecular weight is 564 g/mol. The Morgan fingerprint density at radius 1 is 1.02 bits per heavy atom. The van der Waals surface area contributed by atoms with Gasteiger partial charge in [-0.1, -0.05) is 6.07 Å². The molecule has 11 heteroatoms. The Hall–Kier alpha value is -4.09. The van der Waals surface area contributed by atoms with Gasteiger partial charge >= 0.3 is 0 Å². The van der Waals surface area contributed by atoms with E-state index in [9.17, 15) is 13.6 Å². The molecule has 0 saturated carbocycles. The highest BCUT2D eigenvalue weighted by molar-refractivity contribution is 6.14. The lowest BCUT2D eigenvalue weighted by Crippen LogP contribution is -2.34. The second-order valence-electron chi connectivity index (χ2n) is 10.6. The summed E-state index contributed by atoms with van der Waals surface area (Å²) < 4.78 is 33.2. The fourth-order valence-electron chi connectivity index (χ4n) is 5.25. The zero-order valence-corrected chi connectivity index (χ0v) is 23.0. The molecule has 1 amide bonds. The molecule has 0 radical (unpaired) electrons. The van der Waals surface area contributed by atoms with Crippen LogP contribution in [0.15, 0.2) is 48.5 Å². The fourth-order valence-corrected chi connectivity index (χ4v) is 5.25. The van der Waals surface area contributed by atoms with Crippen molar-refractivity contribution in [2.45, 2.75) is 37.6 Å². The van der Waals surface area contributed by atoms with Crippen molar-refractivity contribution in [1.29, 1.82) is 5.41 Å². The largest absolute Gasteiger partial charge is 0.397 e. The van der Waals surface area contributed by atoms with E-state index in [4.69, 9.17) is 15.9 Å². The Balaban J connectivity index is 1.36. The van der Waals surface area contributed by atoms with Gasteiger partial charge in [0.25, 0.3) is 5.91 Å². The van der Waals surface area contributed by atoms with E-state index in [1.165, 1.54) is 17.7 Å². The number of nitrogen functional groups attached to an aromatic ring is 1. The molecule has 2 aliphatic heterocycles. The maximum atomic E-state index is 14.1. The number of halogens is 2. The predicted molar refractivity (Wildman–Crippen MR) is 156 cm³/mol. The molecular weight excluding hydrogens is 528 g/mol. The van der Waals surface area contributed by atoms with Gasteiger partial charge in [-0.2, -0.15) is 0 Å². The summed E-state index contributed by atoms with van der Waals surface area (Å²) in [6.45, 7) is 3.38. The van der Waals surface area contributed by atoms with Gasteiger partial charge < -0.3 is 31.3 Å². The first kappa shape index (κ1) is 28.4. The van der Waals surface area contributed by atoms with Crippen molar-refractivity contribution in [3.63, 3.8) is 0 Å². The van der Waals surface area contributed by atoms with Crippen molar-refractivity contribution in [2.24, 2.45) is 0 Å². The average Bonchev–Trinajstić information content (AvgIpc) is 2.97. The van der Waals surface area contributed by atoms with Gasteiger partial charge in [0.15, 0.2) is 5.84 Å². The third kappa shape index (κ3) is 6.98. The fraction of sp³-hybridized carbons (Fsp3) is 0.367. The van der Waals surface area contributed by atoms with Crippen LogP contribution in [0.1, 0.15) is 53.2 Å². The van der Waals surface area contributed by atoms with E-state index in [-0.39, 0.29) is 34.8 Å². The van der Waals surface area contributed by atoms with Gasteiger partial charge in [0.1, 0.15) is 23.1 Å². The molecule has 216 valence electrons. The molecule has 2 aliphatic rings. The van der Waals surface area contributed by atoms with Crippen molar-refractivity contribution < 1.29 is 18.3 Å². The zero-order chi connectivity index (χ0) is 28.9. The summed E-state index contributed by atoms with van der Waals surface area (Å²) >= 11 is 0. The van der Waals surface area contributed by atoms with Crippen LogP contribution in [0.2, 0.25) is 0 Å². The normalized spacial score (nSPS) is 16.8. The highest BCUT2D eigenvalue weighted by atomic mass is 19.1. The number of piperidine rings is 1. The maximum absolute atomic E-state index is 14.1. The molecule has 0 atom stereocenters. The number of ether oxygens (including phenoxy) is 1. The van der Waals surface area contributed by atoms with Gasteiger partial charge in [0.05, 0.1) is 16.9 Å². The van der Waals surface area contributed by atoms with E-state index in [0.29, 0.717) is 24.7 Å². The number of carbonyl (C=O) groups is 1. The summed E-state index contributed by atoms with van der Waals surface area (Å²) in [5.74, 6) is -1.51. The Bertz CT molecular complexity index is 1420. The molecule has 0 bridgehead atoms. The van der Waals surface area contributed by atoms with Crippen LogP contribution in [0.25, 0.3) is 0 Å². The third-order valence-electron chi connectivity index (χ3n) is 7.65. The first-order valence-corrected chi connectivity index (χ1v) is 13.8. The van der Waals surface area contributed by atoms with Gasteiger partial charge in [-0.05, 0) is 93.7 Å². The van der Waals surface area contributed by atoms with Crippen LogP contribution in [0.4, 0.5) is 31.7 Å². The molecule has 41 heavy (non-hydrogen) atoms. The smallest absolute Gasteiger partial charge is 0.258 e. The summed E-state index contributed by atoms with van der Waals surface area (Å²) in [6.07, 6.45) is 3.78. The van der Waals surface area contributed by atoms with Crippen LogP contribution in [-0.4, -0.2) is 61.0 Å². The number of hydrogen-bond acceptors (Lipinski definition) is 8. The number of pyridine rings is 1. The van der Waals surface area contributed by atoms with Crippen molar-refractivity contribution in [3.05, 3.63) is 77.0 Å². The Kier molecular flexibility index (Phi) is 8.75. The number of amidine groups is 1. The first-order valence-electron chi connectivity index (χ1n) is 13.8. The molecule has 2 aromatic carbocycles. The van der Waals surface area contributed by atoms with Gasteiger partial charge in [-0.15, -0.1) is 0 Å². The summed E-state index contributed by atoms with van der Waals surface area (Å²) in [6, 6.07) is 12.0. The van der Waals surface area contributed by atoms with E-state index in [0.717, 1.165) is 62.7 Å². The molecule has 5 rings (SSSR count). The van der Waals surface area contributed by atoms with Crippen LogP contribution < -0.4 is 21.7 Å². The maximum Gasteiger partial charge on any atom is 0.258 e. The molecule has 1 aromatic heterocycles. The lowest BCUT2D eigenvalue weighted by molar-refractivity contribution is 0.0904. The van der Waals surface area contributed by atoms with Crippen LogP contribution in [0.3, 0.4) is 0 Å². The van der Waals surface area contributed by atoms with Gasteiger partial charge in [-0.3, -0.25) is 10.2 Å². The summed E-state index contributed by atoms with van der Waals surface area (Å²) in [7, 11) is 2.13. The molecular formula is C30H35F2N7O2. The number of rotatable bonds is 7. The molecule has 2 saturated heterocycles. The number of nitrogens with zero attached hydrogens (tertiary/aromatic N) is 2. The van der Waals surface area contributed by atoms with Crippen LogP contribution >= 0.6 is 0 Å². The van der Waals surface area contributed by atoms with Crippen molar-refractivity contribution >= 4 is 34.6 Å². The topological polar surface area (TPSA) is 128 Å². The van der Waals surface area contributed by atoms with E-state index in [2.05, 4.69) is 38.9 Å². The second kappa shape index (κ2) is 12.6. The number of anilines is 4. The minimum Gasteiger partial charge on any atom is -0.397 e. The number of amides is 1. The van der Waals surface area contributed by atoms with Gasteiger partial charge in [0, 0.05) is 31.0 Å². The highest BCUT2D eigenvalue weighted by Gasteiger charge is 2.23. The van der Waals surface area contributed by atoms with E-state index in [1.54, 1.807) is 6.07 Å². The lowest BCUT2D eigenvalue weighted by atomic mass is 9.88. The minimum absolute atomic E-state index is 0.00189. The molecule has 3 aromatic rings. The second-order valence-corrected chi connectivity index (χ2v) is 10.6.